The van der Waals surface area contributed by atoms with Gasteiger partial charge in [0.25, 0.3) is 0 Å². The third kappa shape index (κ3) is 2.31. The Labute approximate surface area is 132 Å². The number of aromatic nitrogens is 1. The Morgan fingerprint density at radius 1 is 0.773 bits per heavy atom. The molecule has 22 heavy (non-hydrogen) atoms. The van der Waals surface area contributed by atoms with Crippen molar-refractivity contribution >= 4 is 0 Å². The van der Waals surface area contributed by atoms with E-state index in [-0.39, 0.29) is 0 Å². The monoisotopic (exact) mass is 293 g/mol. The number of nitrogens with zero attached hydrogens (tertiary/aromatic N) is 1. The van der Waals surface area contributed by atoms with Crippen molar-refractivity contribution in [3.63, 3.8) is 0 Å². The van der Waals surface area contributed by atoms with Gasteiger partial charge >= 0.3 is 0 Å². The Bertz CT molecular complexity index is 654. The Kier molecular flexibility index (Phi) is 3.61. The quantitative estimate of drug-likeness (QED) is 0.812. The van der Waals surface area contributed by atoms with Gasteiger partial charge in [0.2, 0.25) is 0 Å². The number of hydrogen-bond acceptors (Lipinski definition) is 2. The van der Waals surface area contributed by atoms with E-state index < -0.39 is 0 Å². The van der Waals surface area contributed by atoms with Gasteiger partial charge in [-0.15, -0.1) is 0 Å². The molecule has 2 aromatic rings. The molecule has 0 atom stereocenters. The van der Waals surface area contributed by atoms with Gasteiger partial charge in [0, 0.05) is 11.4 Å². The van der Waals surface area contributed by atoms with Crippen LogP contribution in [0.25, 0.3) is 11.1 Å². The topological polar surface area (TPSA) is 22.1 Å². The van der Waals surface area contributed by atoms with E-state index in [0.29, 0.717) is 0 Å². The van der Waals surface area contributed by atoms with Gasteiger partial charge in [0.05, 0.1) is 7.11 Å². The minimum absolute atomic E-state index is 0.931. The van der Waals surface area contributed by atoms with Crippen molar-refractivity contribution in [2.45, 2.75) is 51.4 Å². The zero-order chi connectivity index (χ0) is 14.9. The first-order valence-corrected chi connectivity index (χ1v) is 8.55. The lowest BCUT2D eigenvalue weighted by molar-refractivity contribution is 0.415. The number of hydrogen-bond donors (Lipinski definition) is 0. The molecule has 2 aliphatic rings. The summed E-state index contributed by atoms with van der Waals surface area (Å²) in [4.78, 5) is 5.05. The van der Waals surface area contributed by atoms with Crippen molar-refractivity contribution in [3.05, 3.63) is 46.8 Å². The molecular weight excluding hydrogens is 270 g/mol. The van der Waals surface area contributed by atoms with Crippen LogP contribution in [0.15, 0.2) is 24.3 Å². The number of pyridine rings is 1. The van der Waals surface area contributed by atoms with Crippen molar-refractivity contribution in [1.82, 2.24) is 4.98 Å². The van der Waals surface area contributed by atoms with Gasteiger partial charge in [-0.1, -0.05) is 12.1 Å². The summed E-state index contributed by atoms with van der Waals surface area (Å²) in [5.74, 6) is 0.931. The smallest absolute Gasteiger partial charge is 0.118 e. The van der Waals surface area contributed by atoms with E-state index in [9.17, 15) is 0 Å². The van der Waals surface area contributed by atoms with Crippen molar-refractivity contribution < 1.29 is 4.74 Å². The average Bonchev–Trinajstić information content (AvgIpc) is 2.60. The summed E-state index contributed by atoms with van der Waals surface area (Å²) in [7, 11) is 1.73. The van der Waals surface area contributed by atoms with E-state index in [1.54, 1.807) is 7.11 Å². The zero-order valence-corrected chi connectivity index (χ0v) is 13.3. The number of benzene rings is 1. The molecule has 0 spiro atoms. The maximum Gasteiger partial charge on any atom is 0.118 e. The highest BCUT2D eigenvalue weighted by Gasteiger charge is 2.24. The second kappa shape index (κ2) is 5.75. The third-order valence-electron chi connectivity index (χ3n) is 5.13. The third-order valence-corrected chi connectivity index (χ3v) is 5.13. The van der Waals surface area contributed by atoms with Crippen LogP contribution in [0.5, 0.6) is 5.75 Å². The molecule has 4 rings (SSSR count). The highest BCUT2D eigenvalue weighted by molar-refractivity contribution is 5.74. The van der Waals surface area contributed by atoms with Gasteiger partial charge < -0.3 is 4.74 Å². The van der Waals surface area contributed by atoms with Crippen LogP contribution in [0.1, 0.15) is 48.2 Å². The summed E-state index contributed by atoms with van der Waals surface area (Å²) in [6, 6.07) is 8.61. The minimum atomic E-state index is 0.931. The normalized spacial score (nSPS) is 16.8. The molecule has 0 aliphatic heterocycles. The van der Waals surface area contributed by atoms with Crippen LogP contribution >= 0.6 is 0 Å². The molecule has 0 unspecified atom stereocenters. The van der Waals surface area contributed by atoms with Crippen molar-refractivity contribution in [1.29, 1.82) is 0 Å². The summed E-state index contributed by atoms with van der Waals surface area (Å²) < 4.78 is 5.32. The Hall–Kier alpha value is -1.83. The SMILES string of the molecule is COc1ccc(-c2c3c(nc4c2CCCC4)CCCC3)cc1. The van der Waals surface area contributed by atoms with Crippen LogP contribution in [0.4, 0.5) is 0 Å². The molecule has 2 aliphatic carbocycles. The fourth-order valence-corrected chi connectivity index (χ4v) is 4.02. The Morgan fingerprint density at radius 3 is 1.86 bits per heavy atom. The molecule has 1 aromatic heterocycles. The maximum atomic E-state index is 5.32. The summed E-state index contributed by atoms with van der Waals surface area (Å²) in [6.45, 7) is 0. The lowest BCUT2D eigenvalue weighted by Gasteiger charge is -2.26. The van der Waals surface area contributed by atoms with Crippen molar-refractivity contribution in [2.75, 3.05) is 7.11 Å². The molecule has 0 amide bonds. The molecule has 2 heteroatoms. The van der Waals surface area contributed by atoms with Gasteiger partial charge in [0.1, 0.15) is 5.75 Å². The maximum absolute atomic E-state index is 5.32. The van der Waals surface area contributed by atoms with Crippen LogP contribution in [-0.2, 0) is 25.7 Å². The molecule has 114 valence electrons. The molecule has 0 radical (unpaired) electrons. The van der Waals surface area contributed by atoms with Crippen molar-refractivity contribution in [2.24, 2.45) is 0 Å². The highest BCUT2D eigenvalue weighted by Crippen LogP contribution is 2.38. The summed E-state index contributed by atoms with van der Waals surface area (Å²) in [6.07, 6.45) is 9.89. The van der Waals surface area contributed by atoms with E-state index >= 15 is 0 Å². The van der Waals surface area contributed by atoms with Gasteiger partial charge in [-0.25, -0.2) is 0 Å². The van der Waals surface area contributed by atoms with Gasteiger partial charge in [0.15, 0.2) is 0 Å². The van der Waals surface area contributed by atoms with E-state index in [1.807, 2.05) is 0 Å². The first-order chi connectivity index (χ1) is 10.9. The molecule has 1 aromatic carbocycles. The predicted molar refractivity (Wildman–Crippen MR) is 89.5 cm³/mol. The second-order valence-electron chi connectivity index (χ2n) is 6.48. The summed E-state index contributed by atoms with van der Waals surface area (Å²) >= 11 is 0. The molecule has 0 bridgehead atoms. The summed E-state index contributed by atoms with van der Waals surface area (Å²) in [5.41, 5.74) is 8.64. The largest absolute Gasteiger partial charge is 0.497 e. The minimum Gasteiger partial charge on any atom is -0.497 e. The number of aryl methyl sites for hydroxylation is 2. The molecular formula is C20H23NO. The van der Waals surface area contributed by atoms with E-state index in [1.165, 1.54) is 72.2 Å². The number of ether oxygens (including phenoxy) is 1. The van der Waals surface area contributed by atoms with Crippen LogP contribution < -0.4 is 4.74 Å². The van der Waals surface area contributed by atoms with E-state index in [2.05, 4.69) is 24.3 Å². The van der Waals surface area contributed by atoms with Crippen LogP contribution in [-0.4, -0.2) is 12.1 Å². The van der Waals surface area contributed by atoms with Gasteiger partial charge in [-0.2, -0.15) is 0 Å². The molecule has 0 saturated carbocycles. The molecule has 0 fully saturated rings. The fourth-order valence-electron chi connectivity index (χ4n) is 4.02. The summed E-state index contributed by atoms with van der Waals surface area (Å²) in [5, 5.41) is 0. The molecule has 0 N–H and O–H groups in total. The number of methoxy groups -OCH3 is 1. The molecule has 0 saturated heterocycles. The standard InChI is InChI=1S/C20H23NO/c1-22-15-12-10-14(11-13-15)20-16-6-2-4-8-18(16)21-19-9-5-3-7-17(19)20/h10-13H,2-9H2,1H3. The average molecular weight is 293 g/mol. The fraction of sp³-hybridized carbons (Fsp3) is 0.450. The zero-order valence-electron chi connectivity index (χ0n) is 13.3. The number of rotatable bonds is 2. The Balaban J connectivity index is 1.91. The van der Waals surface area contributed by atoms with Gasteiger partial charge in [-0.3, -0.25) is 4.98 Å². The van der Waals surface area contributed by atoms with Crippen molar-refractivity contribution in [3.8, 4) is 16.9 Å². The first kappa shape index (κ1) is 13.8. The highest BCUT2D eigenvalue weighted by atomic mass is 16.5. The van der Waals surface area contributed by atoms with Crippen LogP contribution in [0.2, 0.25) is 0 Å². The predicted octanol–water partition coefficient (Wildman–Crippen LogP) is 4.51. The van der Waals surface area contributed by atoms with E-state index in [4.69, 9.17) is 9.72 Å². The second-order valence-corrected chi connectivity index (χ2v) is 6.48. The Morgan fingerprint density at radius 2 is 1.32 bits per heavy atom. The van der Waals surface area contributed by atoms with Crippen LogP contribution in [0, 0.1) is 0 Å². The first-order valence-electron chi connectivity index (χ1n) is 8.55. The van der Waals surface area contributed by atoms with E-state index in [0.717, 1.165) is 18.6 Å². The molecule has 2 nitrogen and oxygen atoms in total. The lowest BCUT2D eigenvalue weighted by atomic mass is 9.82. The lowest BCUT2D eigenvalue weighted by Crippen LogP contribution is -2.15. The number of fused-ring (bicyclic) bond motifs is 2. The van der Waals surface area contributed by atoms with Gasteiger partial charge in [-0.05, 0) is 85.8 Å². The van der Waals surface area contributed by atoms with Crippen LogP contribution in [0.3, 0.4) is 0 Å². The molecule has 1 heterocycles.